The van der Waals surface area contributed by atoms with Gasteiger partial charge in [0.1, 0.15) is 36.9 Å². The van der Waals surface area contributed by atoms with Crippen LogP contribution in [0.25, 0.3) is 21.5 Å². The van der Waals surface area contributed by atoms with Gasteiger partial charge < -0.3 is 29.6 Å². The van der Waals surface area contributed by atoms with Crippen molar-refractivity contribution in [2.75, 3.05) is 27.3 Å². The van der Waals surface area contributed by atoms with Gasteiger partial charge in [0.2, 0.25) is 0 Å². The van der Waals surface area contributed by atoms with Crippen molar-refractivity contribution < 1.29 is 28.5 Å². The summed E-state index contributed by atoms with van der Waals surface area (Å²) in [6.45, 7) is 5.94. The summed E-state index contributed by atoms with van der Waals surface area (Å²) < 4.78 is 22.9. The van der Waals surface area contributed by atoms with Crippen molar-refractivity contribution in [1.82, 2.24) is 10.6 Å². The highest BCUT2D eigenvalue weighted by molar-refractivity contribution is 6.11. The van der Waals surface area contributed by atoms with E-state index in [9.17, 15) is 9.59 Å². The predicted octanol–water partition coefficient (Wildman–Crippen LogP) is 4.55. The molecule has 2 N–H and O–H groups in total. The highest BCUT2D eigenvalue weighted by atomic mass is 16.6. The average Bonchev–Trinajstić information content (AvgIpc) is 2.80. The number of rotatable bonds is 8. The van der Waals surface area contributed by atoms with E-state index >= 15 is 0 Å². The second-order valence-corrected chi connectivity index (χ2v) is 7.81. The van der Waals surface area contributed by atoms with Gasteiger partial charge in [0.15, 0.2) is 0 Å². The largest absolute Gasteiger partial charge is 0.488 e. The first-order valence-electron chi connectivity index (χ1n) is 10.8. The zero-order chi connectivity index (χ0) is 24.0. The van der Waals surface area contributed by atoms with Gasteiger partial charge in [-0.05, 0) is 26.8 Å². The Balaban J connectivity index is 2.00. The molecular weight excluding hydrogens is 424 g/mol. The summed E-state index contributed by atoms with van der Waals surface area (Å²) in [5.74, 6) is 1.38. The molecule has 2 amide bonds. The lowest BCUT2D eigenvalue weighted by Gasteiger charge is -2.21. The van der Waals surface area contributed by atoms with Crippen LogP contribution in [-0.4, -0.2) is 51.7 Å². The summed E-state index contributed by atoms with van der Waals surface area (Å²) in [5, 5.41) is 8.38. The maximum absolute atomic E-state index is 11.5. The molecule has 33 heavy (non-hydrogen) atoms. The third kappa shape index (κ3) is 5.77. The molecule has 0 fully saturated rings. The minimum Gasteiger partial charge on any atom is -0.488 e. The highest BCUT2D eigenvalue weighted by Gasteiger charge is 2.19. The molecule has 3 aromatic rings. The van der Waals surface area contributed by atoms with E-state index in [1.807, 2.05) is 49.4 Å². The van der Waals surface area contributed by atoms with E-state index in [4.69, 9.17) is 18.9 Å². The number of alkyl carbamates (subject to hydrolysis) is 2. The number of hydrogen-bond donors (Lipinski definition) is 2. The molecule has 0 spiro atoms. The van der Waals surface area contributed by atoms with Gasteiger partial charge in [0.25, 0.3) is 0 Å². The van der Waals surface area contributed by atoms with Crippen molar-refractivity contribution in [3.8, 4) is 11.5 Å². The summed E-state index contributed by atoms with van der Waals surface area (Å²) in [6.07, 6.45) is -1.90. The Morgan fingerprint density at radius 3 is 1.70 bits per heavy atom. The number of amides is 2. The SMILES string of the molecule is CNC(=O)OC(C)COc1c2ccccc2c(OCC(C)OC(=O)NC)c2cc(C)ccc12. The number of nitrogens with one attached hydrogen (secondary N) is 2. The van der Waals surface area contributed by atoms with Crippen molar-refractivity contribution >= 4 is 33.7 Å². The molecule has 0 heterocycles. The summed E-state index contributed by atoms with van der Waals surface area (Å²) in [7, 11) is 3.03. The zero-order valence-electron chi connectivity index (χ0n) is 19.6. The van der Waals surface area contributed by atoms with Crippen LogP contribution in [0.15, 0.2) is 42.5 Å². The Morgan fingerprint density at radius 2 is 1.21 bits per heavy atom. The Labute approximate surface area is 193 Å². The molecule has 3 rings (SSSR count). The van der Waals surface area contributed by atoms with E-state index in [0.29, 0.717) is 11.5 Å². The van der Waals surface area contributed by atoms with Gasteiger partial charge >= 0.3 is 12.2 Å². The second kappa shape index (κ2) is 10.8. The van der Waals surface area contributed by atoms with Gasteiger partial charge in [-0.15, -0.1) is 0 Å². The van der Waals surface area contributed by atoms with Crippen LogP contribution in [0.2, 0.25) is 0 Å². The topological polar surface area (TPSA) is 95.1 Å². The Hall–Kier alpha value is -3.68. The van der Waals surface area contributed by atoms with E-state index in [1.54, 1.807) is 13.8 Å². The van der Waals surface area contributed by atoms with E-state index in [1.165, 1.54) is 14.1 Å². The normalized spacial score (nSPS) is 12.6. The molecule has 3 aromatic carbocycles. The van der Waals surface area contributed by atoms with Crippen molar-refractivity contribution in [2.45, 2.75) is 33.0 Å². The first kappa shape index (κ1) is 24.0. The van der Waals surface area contributed by atoms with Crippen LogP contribution >= 0.6 is 0 Å². The third-order valence-electron chi connectivity index (χ3n) is 5.03. The molecule has 0 aliphatic heterocycles. The van der Waals surface area contributed by atoms with E-state index in [-0.39, 0.29) is 13.2 Å². The van der Waals surface area contributed by atoms with Crippen LogP contribution < -0.4 is 20.1 Å². The first-order valence-corrected chi connectivity index (χ1v) is 10.8. The van der Waals surface area contributed by atoms with Crippen LogP contribution in [0.5, 0.6) is 11.5 Å². The number of hydrogen-bond acceptors (Lipinski definition) is 6. The molecule has 0 radical (unpaired) electrons. The molecule has 0 saturated carbocycles. The maximum atomic E-state index is 11.5. The number of carbonyl (C=O) groups is 2. The standard InChI is InChI=1S/C25H30N2O6/c1-15-10-11-20-21(12-15)23(31-14-17(3)33-25(29)27-5)19-9-7-6-8-18(19)22(20)30-13-16(2)32-24(28)26-4/h6-12,16-17H,13-14H2,1-5H3,(H,26,28)(H,27,29). The zero-order valence-corrected chi connectivity index (χ0v) is 19.6. The predicted molar refractivity (Wildman–Crippen MR) is 127 cm³/mol. The van der Waals surface area contributed by atoms with Crippen molar-refractivity contribution in [3.63, 3.8) is 0 Å². The lowest BCUT2D eigenvalue weighted by Crippen LogP contribution is -2.28. The third-order valence-corrected chi connectivity index (χ3v) is 5.03. The Bertz CT molecular complexity index is 1150. The number of aryl methyl sites for hydroxylation is 1. The van der Waals surface area contributed by atoms with Gasteiger partial charge in [0.05, 0.1) is 0 Å². The second-order valence-electron chi connectivity index (χ2n) is 7.81. The summed E-state index contributed by atoms with van der Waals surface area (Å²) in [6, 6.07) is 13.8. The number of ether oxygens (including phenoxy) is 4. The van der Waals surface area contributed by atoms with Crippen LogP contribution in [0.3, 0.4) is 0 Å². The number of benzene rings is 3. The van der Waals surface area contributed by atoms with Crippen molar-refractivity contribution in [3.05, 3.63) is 48.0 Å². The summed E-state index contributed by atoms with van der Waals surface area (Å²) in [4.78, 5) is 23.0. The van der Waals surface area contributed by atoms with Crippen LogP contribution in [0.4, 0.5) is 9.59 Å². The molecular formula is C25H30N2O6. The molecule has 176 valence electrons. The molecule has 0 aliphatic rings. The fraction of sp³-hybridized carbons (Fsp3) is 0.360. The van der Waals surface area contributed by atoms with Crippen LogP contribution in [0.1, 0.15) is 19.4 Å². The Morgan fingerprint density at radius 1 is 0.758 bits per heavy atom. The van der Waals surface area contributed by atoms with Crippen LogP contribution in [0, 0.1) is 6.92 Å². The highest BCUT2D eigenvalue weighted by Crippen LogP contribution is 2.43. The molecule has 2 unspecified atom stereocenters. The van der Waals surface area contributed by atoms with Crippen molar-refractivity contribution in [1.29, 1.82) is 0 Å². The fourth-order valence-electron chi connectivity index (χ4n) is 3.48. The summed E-state index contributed by atoms with van der Waals surface area (Å²) >= 11 is 0. The van der Waals surface area contributed by atoms with Gasteiger partial charge in [-0.25, -0.2) is 9.59 Å². The minimum absolute atomic E-state index is 0.192. The monoisotopic (exact) mass is 454 g/mol. The number of fused-ring (bicyclic) bond motifs is 2. The van der Waals surface area contributed by atoms with E-state index in [0.717, 1.165) is 27.1 Å². The summed E-state index contributed by atoms with van der Waals surface area (Å²) in [5.41, 5.74) is 1.07. The van der Waals surface area contributed by atoms with Gasteiger partial charge in [-0.2, -0.15) is 0 Å². The molecule has 0 saturated heterocycles. The molecule has 0 aromatic heterocycles. The smallest absolute Gasteiger partial charge is 0.407 e. The molecule has 2 atom stereocenters. The molecule has 8 heteroatoms. The molecule has 0 bridgehead atoms. The number of carbonyl (C=O) groups excluding carboxylic acids is 2. The van der Waals surface area contributed by atoms with Crippen LogP contribution in [-0.2, 0) is 9.47 Å². The fourth-order valence-corrected chi connectivity index (χ4v) is 3.48. The maximum Gasteiger partial charge on any atom is 0.407 e. The molecule has 0 aliphatic carbocycles. The quantitative estimate of drug-likeness (QED) is 0.485. The molecule has 8 nitrogen and oxygen atoms in total. The lowest BCUT2D eigenvalue weighted by molar-refractivity contribution is 0.0766. The Kier molecular flexibility index (Phi) is 7.82. The van der Waals surface area contributed by atoms with Gasteiger partial charge in [-0.3, -0.25) is 0 Å². The first-order chi connectivity index (χ1) is 15.8. The minimum atomic E-state index is -0.506. The van der Waals surface area contributed by atoms with Gasteiger partial charge in [0, 0.05) is 35.6 Å². The van der Waals surface area contributed by atoms with E-state index in [2.05, 4.69) is 10.6 Å². The lowest BCUT2D eigenvalue weighted by atomic mass is 9.99. The van der Waals surface area contributed by atoms with E-state index < -0.39 is 24.4 Å². The average molecular weight is 455 g/mol. The van der Waals surface area contributed by atoms with Gasteiger partial charge in [-0.1, -0.05) is 42.0 Å². The van der Waals surface area contributed by atoms with Crippen molar-refractivity contribution in [2.24, 2.45) is 0 Å².